The molecule has 1 aromatic heterocycles. The van der Waals surface area contributed by atoms with Crippen molar-refractivity contribution >= 4 is 45.7 Å². The van der Waals surface area contributed by atoms with Crippen molar-refractivity contribution in [1.29, 1.82) is 0 Å². The van der Waals surface area contributed by atoms with Gasteiger partial charge in [-0.25, -0.2) is 0 Å². The number of aromatic nitrogens is 1. The summed E-state index contributed by atoms with van der Waals surface area (Å²) in [6.45, 7) is 3.38. The van der Waals surface area contributed by atoms with Crippen LogP contribution in [-0.4, -0.2) is 49.4 Å². The molecule has 2 aromatic rings. The van der Waals surface area contributed by atoms with E-state index in [2.05, 4.69) is 15.6 Å². The molecule has 3 rings (SSSR count). The van der Waals surface area contributed by atoms with Crippen molar-refractivity contribution < 1.29 is 14.6 Å². The molecule has 0 bridgehead atoms. The van der Waals surface area contributed by atoms with E-state index in [4.69, 9.17) is 27.9 Å². The summed E-state index contributed by atoms with van der Waals surface area (Å²) in [5.41, 5.74) is 3.38. The van der Waals surface area contributed by atoms with Crippen molar-refractivity contribution in [3.8, 4) is 0 Å². The molecule has 4 N–H and O–H groups in total. The fourth-order valence-electron chi connectivity index (χ4n) is 3.58. The van der Waals surface area contributed by atoms with Gasteiger partial charge in [0.25, 0.3) is 0 Å². The minimum Gasteiger partial charge on any atom is -0.395 e. The number of rotatable bonds is 6. The highest BCUT2D eigenvalue weighted by atomic mass is 35.5. The van der Waals surface area contributed by atoms with Crippen LogP contribution in [0, 0.1) is 0 Å². The summed E-state index contributed by atoms with van der Waals surface area (Å²) >= 11 is 12.8. The van der Waals surface area contributed by atoms with E-state index in [0.29, 0.717) is 35.3 Å². The van der Waals surface area contributed by atoms with Crippen LogP contribution in [-0.2, 0) is 9.53 Å². The van der Waals surface area contributed by atoms with Crippen molar-refractivity contribution in [1.82, 2.24) is 10.3 Å². The predicted octanol–water partition coefficient (Wildman–Crippen LogP) is 3.23. The zero-order valence-electron chi connectivity index (χ0n) is 14.8. The molecule has 0 fully saturated rings. The number of anilines is 1. The van der Waals surface area contributed by atoms with Crippen LogP contribution >= 0.6 is 23.2 Å². The van der Waals surface area contributed by atoms with Gasteiger partial charge in [-0.2, -0.15) is 0 Å². The van der Waals surface area contributed by atoms with Gasteiger partial charge in [0.05, 0.1) is 28.1 Å². The molecular weight excluding hydrogens is 377 g/mol. The second-order valence-corrected chi connectivity index (χ2v) is 7.30. The molecule has 1 aliphatic heterocycles. The third-order valence-corrected chi connectivity index (χ3v) is 5.68. The van der Waals surface area contributed by atoms with Crippen LogP contribution in [0.5, 0.6) is 0 Å². The lowest BCUT2D eigenvalue weighted by atomic mass is 9.91. The van der Waals surface area contributed by atoms with Crippen LogP contribution in [0.4, 0.5) is 5.69 Å². The number of amides is 1. The maximum atomic E-state index is 12.5. The van der Waals surface area contributed by atoms with Crippen LogP contribution in [0.1, 0.15) is 36.4 Å². The quantitative estimate of drug-likeness (QED) is 0.600. The number of hydrogen-bond donors (Lipinski definition) is 4. The number of fused-ring (bicyclic) bond motifs is 3. The molecule has 8 heteroatoms. The lowest BCUT2D eigenvalue weighted by Crippen LogP contribution is -2.28. The highest BCUT2D eigenvalue weighted by Gasteiger charge is 2.32. The Morgan fingerprint density at radius 3 is 2.88 bits per heavy atom. The van der Waals surface area contributed by atoms with Gasteiger partial charge in [0.2, 0.25) is 5.91 Å². The predicted molar refractivity (Wildman–Crippen MR) is 105 cm³/mol. The Balaban J connectivity index is 2.25. The summed E-state index contributed by atoms with van der Waals surface area (Å²) in [6, 6.07) is 1.75. The number of nitrogens with one attached hydrogen (secondary N) is 3. The highest BCUT2D eigenvalue weighted by molar-refractivity contribution is 6.45. The van der Waals surface area contributed by atoms with Gasteiger partial charge in [-0.05, 0) is 25.0 Å². The molecule has 142 valence electrons. The van der Waals surface area contributed by atoms with E-state index in [1.807, 2.05) is 6.92 Å². The summed E-state index contributed by atoms with van der Waals surface area (Å²) < 4.78 is 5.23. The fraction of sp³-hybridized carbons (Fsp3) is 0.500. The molecule has 1 aliphatic rings. The van der Waals surface area contributed by atoms with Crippen LogP contribution in [0.15, 0.2) is 6.07 Å². The standard InChI is InChI=1S/C18H23Cl2N3O3/c1-9-13-14-12(21-4-5-24)7-11(19)15(20)17(14)23-16(13)10(3-6-26-2)8-22-18(9)25/h7,9-10,21,23-24H,3-6,8H2,1-2H3,(H,22,25)/t9-,10-/m1/s1. The number of aromatic amines is 1. The van der Waals surface area contributed by atoms with Crippen molar-refractivity contribution in [2.45, 2.75) is 25.2 Å². The Kier molecular flexibility index (Phi) is 5.97. The maximum Gasteiger partial charge on any atom is 0.227 e. The Labute approximate surface area is 162 Å². The number of H-pyrrole nitrogens is 1. The number of methoxy groups -OCH3 is 1. The number of halogens is 2. The van der Waals surface area contributed by atoms with Gasteiger partial charge in [0, 0.05) is 49.5 Å². The van der Waals surface area contributed by atoms with Gasteiger partial charge < -0.3 is 25.5 Å². The molecule has 0 saturated carbocycles. The number of hydrogen-bond acceptors (Lipinski definition) is 4. The second-order valence-electron chi connectivity index (χ2n) is 6.52. The van der Waals surface area contributed by atoms with Crippen LogP contribution in [0.3, 0.4) is 0 Å². The molecule has 0 aliphatic carbocycles. The van der Waals surface area contributed by atoms with Crippen LogP contribution < -0.4 is 10.6 Å². The SMILES string of the molecule is COCC[C@@H]1CNC(=O)[C@H](C)c2c1[nH]c1c(Cl)c(Cl)cc(NCCO)c21. The van der Waals surface area contributed by atoms with Gasteiger partial charge in [-0.15, -0.1) is 0 Å². The largest absolute Gasteiger partial charge is 0.395 e. The van der Waals surface area contributed by atoms with Gasteiger partial charge in [0.15, 0.2) is 0 Å². The highest BCUT2D eigenvalue weighted by Crippen LogP contribution is 2.44. The number of ether oxygens (including phenoxy) is 1. The van der Waals surface area contributed by atoms with E-state index in [0.717, 1.165) is 28.8 Å². The smallest absolute Gasteiger partial charge is 0.227 e. The molecule has 0 unspecified atom stereocenters. The molecule has 0 spiro atoms. The molecule has 6 nitrogen and oxygen atoms in total. The zero-order valence-corrected chi connectivity index (χ0v) is 16.3. The number of benzene rings is 1. The zero-order chi connectivity index (χ0) is 18.8. The lowest BCUT2D eigenvalue weighted by Gasteiger charge is -2.14. The van der Waals surface area contributed by atoms with E-state index in [1.165, 1.54) is 0 Å². The van der Waals surface area contributed by atoms with Gasteiger partial charge >= 0.3 is 0 Å². The summed E-state index contributed by atoms with van der Waals surface area (Å²) in [7, 11) is 1.66. The van der Waals surface area contributed by atoms with E-state index >= 15 is 0 Å². The minimum atomic E-state index is -0.335. The van der Waals surface area contributed by atoms with Crippen molar-refractivity contribution in [2.24, 2.45) is 0 Å². The summed E-state index contributed by atoms with van der Waals surface area (Å²) in [4.78, 5) is 16.0. The first-order valence-corrected chi connectivity index (χ1v) is 9.40. The second kappa shape index (κ2) is 8.05. The van der Waals surface area contributed by atoms with Crippen molar-refractivity contribution in [2.75, 3.05) is 38.7 Å². The number of carbonyl (C=O) groups is 1. The van der Waals surface area contributed by atoms with Crippen molar-refractivity contribution in [3.05, 3.63) is 27.4 Å². The normalized spacial score (nSPS) is 20.0. The number of aliphatic hydroxyl groups excluding tert-OH is 1. The fourth-order valence-corrected chi connectivity index (χ4v) is 3.98. The third kappa shape index (κ3) is 3.39. The van der Waals surface area contributed by atoms with E-state index in [1.54, 1.807) is 13.2 Å². The first kappa shape index (κ1) is 19.3. The molecule has 0 saturated heterocycles. The summed E-state index contributed by atoms with van der Waals surface area (Å²) in [6.07, 6.45) is 0.772. The average Bonchev–Trinajstić information content (AvgIpc) is 2.98. The number of carbonyl (C=O) groups excluding carboxylic acids is 1. The van der Waals surface area contributed by atoms with Crippen LogP contribution in [0.25, 0.3) is 10.9 Å². The van der Waals surface area contributed by atoms with Crippen LogP contribution in [0.2, 0.25) is 10.0 Å². The monoisotopic (exact) mass is 399 g/mol. The van der Waals surface area contributed by atoms with E-state index < -0.39 is 0 Å². The molecule has 1 amide bonds. The topological polar surface area (TPSA) is 86.4 Å². The van der Waals surface area contributed by atoms with Gasteiger partial charge in [-0.3, -0.25) is 4.79 Å². The van der Waals surface area contributed by atoms with Gasteiger partial charge in [0.1, 0.15) is 0 Å². The van der Waals surface area contributed by atoms with Crippen molar-refractivity contribution in [3.63, 3.8) is 0 Å². The Morgan fingerprint density at radius 2 is 2.19 bits per heavy atom. The first-order valence-electron chi connectivity index (χ1n) is 8.64. The maximum absolute atomic E-state index is 12.5. The summed E-state index contributed by atoms with van der Waals surface area (Å²) in [5, 5.41) is 17.1. The molecule has 0 radical (unpaired) electrons. The lowest BCUT2D eigenvalue weighted by molar-refractivity contribution is -0.122. The molecule has 2 atom stereocenters. The Hall–Kier alpha value is -1.47. The van der Waals surface area contributed by atoms with E-state index in [-0.39, 0.29) is 24.3 Å². The van der Waals surface area contributed by atoms with E-state index in [9.17, 15) is 9.90 Å². The first-order chi connectivity index (χ1) is 12.5. The Bertz CT molecular complexity index is 822. The molecular formula is C18H23Cl2N3O3. The van der Waals surface area contributed by atoms with Gasteiger partial charge in [-0.1, -0.05) is 23.2 Å². The number of aliphatic hydroxyl groups is 1. The molecule has 1 aromatic carbocycles. The third-order valence-electron chi connectivity index (χ3n) is 4.89. The minimum absolute atomic E-state index is 0.0130. The molecule has 2 heterocycles. The average molecular weight is 400 g/mol. The Morgan fingerprint density at radius 1 is 1.42 bits per heavy atom. The molecule has 26 heavy (non-hydrogen) atoms. The summed E-state index contributed by atoms with van der Waals surface area (Å²) in [5.74, 6) is -0.267.